The molecular formula is C11H6BrClF2OS. The summed E-state index contributed by atoms with van der Waals surface area (Å²) in [5.74, 6) is -2.02. The third-order valence-corrected chi connectivity index (χ3v) is 4.74. The number of hydrogen-bond donors (Lipinski definition) is 1. The Bertz CT molecular complexity index is 539. The Hall–Kier alpha value is -0.490. The summed E-state index contributed by atoms with van der Waals surface area (Å²) in [7, 11) is 0. The molecule has 1 unspecified atom stereocenters. The van der Waals surface area contributed by atoms with Crippen LogP contribution in [0.4, 0.5) is 8.78 Å². The standard InChI is InChI=1S/C11H6BrClF2OS/c12-11-6(13)4-8(17-11)10(16)5-2-1-3-7(14)9(5)15/h1-4,10,16H. The Labute approximate surface area is 114 Å². The molecule has 0 aliphatic carbocycles. The lowest BCUT2D eigenvalue weighted by molar-refractivity contribution is 0.217. The molecule has 0 bridgehead atoms. The van der Waals surface area contributed by atoms with Crippen LogP contribution < -0.4 is 0 Å². The number of rotatable bonds is 2. The zero-order valence-corrected chi connectivity index (χ0v) is 11.4. The first-order chi connectivity index (χ1) is 8.00. The number of halogens is 4. The van der Waals surface area contributed by atoms with E-state index in [1.165, 1.54) is 29.5 Å². The Balaban J connectivity index is 2.43. The summed E-state index contributed by atoms with van der Waals surface area (Å²) < 4.78 is 27.1. The lowest BCUT2D eigenvalue weighted by Crippen LogP contribution is -2.02. The lowest BCUT2D eigenvalue weighted by Gasteiger charge is -2.09. The van der Waals surface area contributed by atoms with E-state index >= 15 is 0 Å². The molecule has 1 aromatic heterocycles. The van der Waals surface area contributed by atoms with Gasteiger partial charge in [0, 0.05) is 10.4 Å². The van der Waals surface area contributed by atoms with Gasteiger partial charge in [-0.3, -0.25) is 0 Å². The Kier molecular flexibility index (Phi) is 3.82. The molecule has 0 aliphatic rings. The van der Waals surface area contributed by atoms with Crippen LogP contribution in [0.15, 0.2) is 28.1 Å². The summed E-state index contributed by atoms with van der Waals surface area (Å²) in [5, 5.41) is 10.4. The van der Waals surface area contributed by atoms with E-state index in [0.717, 1.165) is 6.07 Å². The van der Waals surface area contributed by atoms with Gasteiger partial charge in [0.15, 0.2) is 11.6 Å². The van der Waals surface area contributed by atoms with Gasteiger partial charge in [0.2, 0.25) is 0 Å². The quantitative estimate of drug-likeness (QED) is 0.852. The fraction of sp³-hybridized carbons (Fsp3) is 0.0909. The van der Waals surface area contributed by atoms with Crippen molar-refractivity contribution in [2.75, 3.05) is 0 Å². The minimum absolute atomic E-state index is 0.101. The monoisotopic (exact) mass is 338 g/mol. The normalized spacial score (nSPS) is 12.8. The first-order valence-electron chi connectivity index (χ1n) is 4.57. The van der Waals surface area contributed by atoms with Gasteiger partial charge in [0.25, 0.3) is 0 Å². The van der Waals surface area contributed by atoms with Crippen LogP contribution in [0, 0.1) is 11.6 Å². The molecule has 1 heterocycles. The van der Waals surface area contributed by atoms with Crippen molar-refractivity contribution in [3.05, 3.63) is 55.1 Å². The Morgan fingerprint density at radius 2 is 2.06 bits per heavy atom. The number of aliphatic hydroxyl groups excluding tert-OH is 1. The van der Waals surface area contributed by atoms with Crippen molar-refractivity contribution in [1.82, 2.24) is 0 Å². The van der Waals surface area contributed by atoms with Crippen LogP contribution in [0.3, 0.4) is 0 Å². The summed E-state index contributed by atoms with van der Waals surface area (Å²) in [4.78, 5) is 0.450. The third kappa shape index (κ3) is 2.52. The van der Waals surface area contributed by atoms with Gasteiger partial charge in [-0.25, -0.2) is 8.78 Å². The van der Waals surface area contributed by atoms with E-state index in [4.69, 9.17) is 11.6 Å². The van der Waals surface area contributed by atoms with Gasteiger partial charge in [-0.2, -0.15) is 0 Å². The van der Waals surface area contributed by atoms with E-state index in [1.807, 2.05) is 0 Å². The van der Waals surface area contributed by atoms with Crippen LogP contribution in [0.5, 0.6) is 0 Å². The van der Waals surface area contributed by atoms with Gasteiger partial charge in [0.05, 0.1) is 8.81 Å². The number of benzene rings is 1. The predicted octanol–water partition coefficient (Wildman–Crippen LogP) is 4.52. The third-order valence-electron chi connectivity index (χ3n) is 2.21. The molecule has 0 radical (unpaired) electrons. The lowest BCUT2D eigenvalue weighted by atomic mass is 10.1. The highest BCUT2D eigenvalue weighted by Gasteiger charge is 2.20. The molecule has 1 N–H and O–H groups in total. The second-order valence-electron chi connectivity index (χ2n) is 3.32. The molecule has 0 spiro atoms. The van der Waals surface area contributed by atoms with Gasteiger partial charge >= 0.3 is 0 Å². The highest BCUT2D eigenvalue weighted by molar-refractivity contribution is 9.11. The molecule has 1 atom stereocenters. The minimum atomic E-state index is -1.22. The van der Waals surface area contributed by atoms with E-state index in [-0.39, 0.29) is 5.56 Å². The van der Waals surface area contributed by atoms with E-state index in [2.05, 4.69) is 15.9 Å². The molecule has 2 rings (SSSR count). The fourth-order valence-corrected chi connectivity index (χ4v) is 3.13. The average molecular weight is 340 g/mol. The van der Waals surface area contributed by atoms with E-state index in [1.54, 1.807) is 0 Å². The number of hydrogen-bond acceptors (Lipinski definition) is 2. The van der Waals surface area contributed by atoms with E-state index < -0.39 is 17.7 Å². The largest absolute Gasteiger partial charge is 0.383 e. The molecule has 0 saturated heterocycles. The maximum absolute atomic E-state index is 13.5. The second-order valence-corrected chi connectivity index (χ2v) is 6.12. The summed E-state index contributed by atoms with van der Waals surface area (Å²) in [6, 6.07) is 5.21. The van der Waals surface area contributed by atoms with Crippen LogP contribution in [-0.4, -0.2) is 5.11 Å². The molecule has 1 aromatic carbocycles. The van der Waals surface area contributed by atoms with Crippen molar-refractivity contribution in [3.8, 4) is 0 Å². The number of aliphatic hydroxyl groups is 1. The van der Waals surface area contributed by atoms with E-state index in [0.29, 0.717) is 13.7 Å². The van der Waals surface area contributed by atoms with Crippen LogP contribution >= 0.6 is 38.9 Å². The van der Waals surface area contributed by atoms with Crippen molar-refractivity contribution >= 4 is 38.9 Å². The molecule has 17 heavy (non-hydrogen) atoms. The van der Waals surface area contributed by atoms with Crippen LogP contribution in [0.25, 0.3) is 0 Å². The zero-order chi connectivity index (χ0) is 12.6. The van der Waals surface area contributed by atoms with Crippen molar-refractivity contribution in [2.24, 2.45) is 0 Å². The average Bonchev–Trinajstić information content (AvgIpc) is 2.62. The molecule has 1 nitrogen and oxygen atoms in total. The van der Waals surface area contributed by atoms with Crippen molar-refractivity contribution in [1.29, 1.82) is 0 Å². The Morgan fingerprint density at radius 1 is 1.35 bits per heavy atom. The maximum atomic E-state index is 13.5. The van der Waals surface area contributed by atoms with Gasteiger partial charge in [0.1, 0.15) is 6.10 Å². The van der Waals surface area contributed by atoms with Crippen molar-refractivity contribution in [3.63, 3.8) is 0 Å². The van der Waals surface area contributed by atoms with Gasteiger partial charge in [-0.1, -0.05) is 23.7 Å². The number of thiophene rings is 1. The topological polar surface area (TPSA) is 20.2 Å². The van der Waals surface area contributed by atoms with E-state index in [9.17, 15) is 13.9 Å². The second kappa shape index (κ2) is 5.02. The maximum Gasteiger partial charge on any atom is 0.164 e. The van der Waals surface area contributed by atoms with Crippen LogP contribution in [-0.2, 0) is 0 Å². The molecule has 6 heteroatoms. The molecule has 0 saturated carbocycles. The van der Waals surface area contributed by atoms with Gasteiger partial charge < -0.3 is 5.11 Å². The molecule has 0 aliphatic heterocycles. The SMILES string of the molecule is OC(c1cc(Cl)c(Br)s1)c1cccc(F)c1F. The molecule has 90 valence electrons. The molecule has 0 amide bonds. The first-order valence-corrected chi connectivity index (χ1v) is 6.56. The summed E-state index contributed by atoms with van der Waals surface area (Å²) in [5.41, 5.74) is -0.101. The summed E-state index contributed by atoms with van der Waals surface area (Å²) in [6.07, 6.45) is -1.22. The molecular weight excluding hydrogens is 334 g/mol. The highest BCUT2D eigenvalue weighted by Crippen LogP contribution is 2.38. The molecule has 2 aromatic rings. The Morgan fingerprint density at radius 3 is 2.65 bits per heavy atom. The minimum Gasteiger partial charge on any atom is -0.383 e. The van der Waals surface area contributed by atoms with Crippen molar-refractivity contribution < 1.29 is 13.9 Å². The van der Waals surface area contributed by atoms with Crippen LogP contribution in [0.2, 0.25) is 5.02 Å². The van der Waals surface area contributed by atoms with Gasteiger partial charge in [-0.05, 0) is 28.1 Å². The summed E-state index contributed by atoms with van der Waals surface area (Å²) >= 11 is 10.2. The summed E-state index contributed by atoms with van der Waals surface area (Å²) in [6.45, 7) is 0. The smallest absolute Gasteiger partial charge is 0.164 e. The van der Waals surface area contributed by atoms with Crippen molar-refractivity contribution in [2.45, 2.75) is 6.10 Å². The highest BCUT2D eigenvalue weighted by atomic mass is 79.9. The van der Waals surface area contributed by atoms with Crippen LogP contribution in [0.1, 0.15) is 16.5 Å². The first kappa shape index (κ1) is 13.0. The molecule has 0 fully saturated rings. The fourth-order valence-electron chi connectivity index (χ4n) is 1.38. The van der Waals surface area contributed by atoms with Gasteiger partial charge in [-0.15, -0.1) is 11.3 Å². The zero-order valence-electron chi connectivity index (χ0n) is 8.25. The predicted molar refractivity (Wildman–Crippen MR) is 67.4 cm³/mol.